The Balaban J connectivity index is 4.01. The number of carbonyl (C=O) groups excluding carboxylic acids is 3. The van der Waals surface area contributed by atoms with Crippen LogP contribution in [0, 0.1) is 0 Å². The molecule has 1 atom stereocenters. The van der Waals surface area contributed by atoms with E-state index in [-0.39, 0.29) is 30.0 Å². The van der Waals surface area contributed by atoms with Gasteiger partial charge in [0, 0.05) is 37.7 Å². The third kappa shape index (κ3) is 8.61. The minimum absolute atomic E-state index is 0.134. The summed E-state index contributed by atoms with van der Waals surface area (Å²) in [5, 5.41) is 5.77. The Labute approximate surface area is 118 Å². The second-order valence-electron chi connectivity index (χ2n) is 4.15. The zero-order valence-corrected chi connectivity index (χ0v) is 12.6. The summed E-state index contributed by atoms with van der Waals surface area (Å²) in [7, 11) is 1.80. The predicted molar refractivity (Wildman–Crippen MR) is 76.9 cm³/mol. The predicted octanol–water partition coefficient (Wildman–Crippen LogP) is -0.161. The molecule has 0 aromatic heterocycles. The van der Waals surface area contributed by atoms with Gasteiger partial charge in [-0.1, -0.05) is 6.92 Å². The van der Waals surface area contributed by atoms with Gasteiger partial charge in [-0.15, -0.1) is 0 Å². The van der Waals surface area contributed by atoms with Crippen LogP contribution in [0.1, 0.15) is 19.8 Å². The number of nitrogens with zero attached hydrogens (tertiary/aromatic N) is 1. The van der Waals surface area contributed by atoms with Crippen LogP contribution in [0.3, 0.4) is 0 Å². The molecular formula is C12H23N3O3S. The van der Waals surface area contributed by atoms with E-state index in [1.807, 2.05) is 13.2 Å². The van der Waals surface area contributed by atoms with Crippen LogP contribution in [-0.2, 0) is 14.4 Å². The first-order valence-electron chi connectivity index (χ1n) is 6.24. The van der Waals surface area contributed by atoms with Crippen molar-refractivity contribution in [1.82, 2.24) is 15.5 Å². The SMILES string of the molecule is CNCCNC(=O)CCN(C=O)C(=O)CC(C)SC. The second-order valence-corrected chi connectivity index (χ2v) is 5.42. The molecule has 0 fully saturated rings. The number of hydrogen-bond donors (Lipinski definition) is 2. The van der Waals surface area contributed by atoms with Gasteiger partial charge in [0.2, 0.25) is 18.2 Å². The number of rotatable bonds is 10. The van der Waals surface area contributed by atoms with Crippen LogP contribution < -0.4 is 10.6 Å². The molecular weight excluding hydrogens is 266 g/mol. The van der Waals surface area contributed by atoms with E-state index in [0.29, 0.717) is 25.9 Å². The van der Waals surface area contributed by atoms with E-state index in [0.717, 1.165) is 4.90 Å². The van der Waals surface area contributed by atoms with E-state index in [2.05, 4.69) is 10.6 Å². The summed E-state index contributed by atoms with van der Waals surface area (Å²) in [5.41, 5.74) is 0. The Morgan fingerprint density at radius 1 is 1.37 bits per heavy atom. The maximum absolute atomic E-state index is 11.8. The molecule has 0 aromatic carbocycles. The third-order valence-electron chi connectivity index (χ3n) is 2.59. The van der Waals surface area contributed by atoms with Crippen LogP contribution in [0.5, 0.6) is 0 Å². The summed E-state index contributed by atoms with van der Waals surface area (Å²) in [6, 6.07) is 0. The Kier molecular flexibility index (Phi) is 10.2. The van der Waals surface area contributed by atoms with Gasteiger partial charge >= 0.3 is 0 Å². The lowest BCUT2D eigenvalue weighted by molar-refractivity contribution is -0.138. The van der Waals surface area contributed by atoms with Crippen molar-refractivity contribution >= 4 is 30.0 Å². The van der Waals surface area contributed by atoms with Crippen LogP contribution in [0.2, 0.25) is 0 Å². The minimum atomic E-state index is -0.236. The number of thioether (sulfide) groups is 1. The van der Waals surface area contributed by atoms with Crippen LogP contribution >= 0.6 is 11.8 Å². The zero-order valence-electron chi connectivity index (χ0n) is 11.8. The molecule has 3 amide bonds. The fourth-order valence-electron chi connectivity index (χ4n) is 1.32. The average molecular weight is 289 g/mol. The lowest BCUT2D eigenvalue weighted by Gasteiger charge is -2.17. The summed E-state index contributed by atoms with van der Waals surface area (Å²) in [4.78, 5) is 35.1. The molecule has 0 aromatic rings. The Morgan fingerprint density at radius 2 is 2.05 bits per heavy atom. The van der Waals surface area contributed by atoms with Crippen molar-refractivity contribution in [2.24, 2.45) is 0 Å². The zero-order chi connectivity index (χ0) is 14.7. The highest BCUT2D eigenvalue weighted by Gasteiger charge is 2.16. The number of hydrogen-bond acceptors (Lipinski definition) is 5. The van der Waals surface area contributed by atoms with Gasteiger partial charge in [-0.3, -0.25) is 19.3 Å². The molecule has 19 heavy (non-hydrogen) atoms. The molecule has 0 saturated heterocycles. The summed E-state index contributed by atoms with van der Waals surface area (Å²) < 4.78 is 0. The van der Waals surface area contributed by atoms with Crippen molar-refractivity contribution in [2.75, 3.05) is 32.9 Å². The van der Waals surface area contributed by atoms with Gasteiger partial charge in [-0.05, 0) is 13.3 Å². The molecule has 0 aliphatic heterocycles. The quantitative estimate of drug-likeness (QED) is 0.431. The largest absolute Gasteiger partial charge is 0.355 e. The highest BCUT2D eigenvalue weighted by atomic mass is 32.2. The smallest absolute Gasteiger partial charge is 0.230 e. The summed E-state index contributed by atoms with van der Waals surface area (Å²) in [6.45, 7) is 3.28. The highest BCUT2D eigenvalue weighted by molar-refractivity contribution is 7.99. The topological polar surface area (TPSA) is 78.5 Å². The fraction of sp³-hybridized carbons (Fsp3) is 0.750. The van der Waals surface area contributed by atoms with E-state index >= 15 is 0 Å². The minimum Gasteiger partial charge on any atom is -0.355 e. The normalized spacial score (nSPS) is 11.7. The van der Waals surface area contributed by atoms with Crippen molar-refractivity contribution in [3.05, 3.63) is 0 Å². The first-order chi connectivity index (χ1) is 9.04. The van der Waals surface area contributed by atoms with E-state index < -0.39 is 0 Å². The van der Waals surface area contributed by atoms with Crippen LogP contribution in [0.15, 0.2) is 0 Å². The molecule has 0 aliphatic carbocycles. The fourth-order valence-corrected chi connectivity index (χ4v) is 1.63. The molecule has 0 aliphatic rings. The van der Waals surface area contributed by atoms with Crippen molar-refractivity contribution in [1.29, 1.82) is 0 Å². The average Bonchev–Trinajstić information content (AvgIpc) is 2.39. The Bertz CT molecular complexity index is 300. The van der Waals surface area contributed by atoms with Gasteiger partial charge in [0.15, 0.2) is 0 Å². The molecule has 0 heterocycles. The van der Waals surface area contributed by atoms with Crippen molar-refractivity contribution in [3.63, 3.8) is 0 Å². The Hall–Kier alpha value is -1.08. The number of amides is 3. The van der Waals surface area contributed by atoms with Crippen LogP contribution in [-0.4, -0.2) is 61.3 Å². The van der Waals surface area contributed by atoms with Gasteiger partial charge in [-0.2, -0.15) is 11.8 Å². The van der Waals surface area contributed by atoms with Gasteiger partial charge in [-0.25, -0.2) is 0 Å². The molecule has 7 heteroatoms. The monoisotopic (exact) mass is 289 g/mol. The van der Waals surface area contributed by atoms with Crippen molar-refractivity contribution in [2.45, 2.75) is 25.0 Å². The summed E-state index contributed by atoms with van der Waals surface area (Å²) in [5.74, 6) is -0.396. The summed E-state index contributed by atoms with van der Waals surface area (Å²) >= 11 is 1.57. The van der Waals surface area contributed by atoms with Crippen LogP contribution in [0.4, 0.5) is 0 Å². The molecule has 2 N–H and O–H groups in total. The van der Waals surface area contributed by atoms with Crippen molar-refractivity contribution in [3.8, 4) is 0 Å². The maximum atomic E-state index is 11.8. The molecule has 0 radical (unpaired) electrons. The molecule has 0 saturated carbocycles. The molecule has 1 unspecified atom stereocenters. The van der Waals surface area contributed by atoms with Gasteiger partial charge in [0.25, 0.3) is 0 Å². The van der Waals surface area contributed by atoms with Gasteiger partial charge < -0.3 is 10.6 Å². The first kappa shape index (κ1) is 17.9. The van der Waals surface area contributed by atoms with E-state index in [9.17, 15) is 14.4 Å². The van der Waals surface area contributed by atoms with E-state index in [4.69, 9.17) is 0 Å². The molecule has 6 nitrogen and oxygen atoms in total. The number of likely N-dealkylation sites (N-methyl/N-ethyl adjacent to an activating group) is 1. The molecule has 0 spiro atoms. The van der Waals surface area contributed by atoms with E-state index in [1.54, 1.807) is 18.8 Å². The lowest BCUT2D eigenvalue weighted by Crippen LogP contribution is -2.36. The molecule has 110 valence electrons. The van der Waals surface area contributed by atoms with Crippen molar-refractivity contribution < 1.29 is 14.4 Å². The Morgan fingerprint density at radius 3 is 2.58 bits per heavy atom. The maximum Gasteiger partial charge on any atom is 0.230 e. The second kappa shape index (κ2) is 10.8. The number of nitrogens with one attached hydrogen (secondary N) is 2. The highest BCUT2D eigenvalue weighted by Crippen LogP contribution is 2.11. The lowest BCUT2D eigenvalue weighted by atomic mass is 10.3. The number of carbonyl (C=O) groups is 3. The molecule has 0 bridgehead atoms. The molecule has 0 rings (SSSR count). The van der Waals surface area contributed by atoms with Gasteiger partial charge in [0.1, 0.15) is 0 Å². The summed E-state index contributed by atoms with van der Waals surface area (Å²) in [6.07, 6.45) is 2.86. The standard InChI is InChI=1S/C12H23N3O3S/c1-10(19-3)8-12(18)15(9-16)7-4-11(17)14-6-5-13-2/h9-10,13H,4-8H2,1-3H3,(H,14,17). The first-order valence-corrected chi connectivity index (χ1v) is 7.52. The number of imide groups is 1. The van der Waals surface area contributed by atoms with E-state index in [1.165, 1.54) is 0 Å². The van der Waals surface area contributed by atoms with Gasteiger partial charge in [0.05, 0.1) is 0 Å². The van der Waals surface area contributed by atoms with Crippen LogP contribution in [0.25, 0.3) is 0 Å². The third-order valence-corrected chi connectivity index (χ3v) is 3.56.